The normalized spacial score (nSPS) is 10.2. The number of phenolic OH excluding ortho intramolecular Hbond substituents is 2. The summed E-state index contributed by atoms with van der Waals surface area (Å²) in [4.78, 5) is 0. The number of aromatic hydroxyl groups is 2. The van der Waals surface area contributed by atoms with E-state index in [0.29, 0.717) is 11.5 Å². The fourth-order valence-electron chi connectivity index (χ4n) is 3.90. The standard InChI is InChI=1S/2C15H24O.Co/c2*1-2-3-4-5-6-7-8-9-14-10-12-15(16)13-11-14;/h2*10-13,16H,2-9H2,1H3;. The number of hydrogen-bond donors (Lipinski definition) is 2. The van der Waals surface area contributed by atoms with Crippen LogP contribution < -0.4 is 0 Å². The third-order valence-corrected chi connectivity index (χ3v) is 6.01. The minimum atomic E-state index is 0. The van der Waals surface area contributed by atoms with Gasteiger partial charge >= 0.3 is 0 Å². The van der Waals surface area contributed by atoms with Gasteiger partial charge in [0, 0.05) is 16.8 Å². The van der Waals surface area contributed by atoms with Crippen LogP contribution in [0.15, 0.2) is 48.5 Å². The van der Waals surface area contributed by atoms with Gasteiger partial charge in [-0.15, -0.1) is 0 Å². The summed E-state index contributed by atoms with van der Waals surface area (Å²) < 4.78 is 0. The maximum absolute atomic E-state index is 9.15. The molecule has 0 aromatic heterocycles. The zero-order chi connectivity index (χ0) is 23.3. The summed E-state index contributed by atoms with van der Waals surface area (Å²) >= 11 is 0. The molecule has 0 saturated heterocycles. The second-order valence-electron chi connectivity index (χ2n) is 9.08. The first-order chi connectivity index (χ1) is 15.7. The third kappa shape index (κ3) is 18.6. The molecule has 2 N–H and O–H groups in total. The van der Waals surface area contributed by atoms with Gasteiger partial charge in [0.05, 0.1) is 0 Å². The van der Waals surface area contributed by atoms with E-state index in [1.54, 1.807) is 24.3 Å². The van der Waals surface area contributed by atoms with Gasteiger partial charge in [0.2, 0.25) is 0 Å². The van der Waals surface area contributed by atoms with Crippen LogP contribution in [0, 0.1) is 0 Å². The molecule has 2 nitrogen and oxygen atoms in total. The predicted molar refractivity (Wildman–Crippen MR) is 140 cm³/mol. The van der Waals surface area contributed by atoms with Crippen molar-refractivity contribution < 1.29 is 27.0 Å². The molecule has 0 atom stereocenters. The van der Waals surface area contributed by atoms with Gasteiger partial charge < -0.3 is 10.2 Å². The van der Waals surface area contributed by atoms with Crippen LogP contribution in [-0.2, 0) is 29.6 Å². The summed E-state index contributed by atoms with van der Waals surface area (Å²) in [5, 5.41) is 18.3. The summed E-state index contributed by atoms with van der Waals surface area (Å²) in [6.07, 6.45) is 21.3. The van der Waals surface area contributed by atoms with E-state index in [-0.39, 0.29) is 16.8 Å². The molecule has 0 saturated carbocycles. The van der Waals surface area contributed by atoms with Crippen LogP contribution in [0.4, 0.5) is 0 Å². The van der Waals surface area contributed by atoms with E-state index in [4.69, 9.17) is 10.2 Å². The Bertz CT molecular complexity index is 593. The SMILES string of the molecule is CCCCCCCCCc1ccc(O)cc1.CCCCCCCCCc1ccc(O)cc1.[Co]. The van der Waals surface area contributed by atoms with Crippen LogP contribution in [0.5, 0.6) is 11.5 Å². The van der Waals surface area contributed by atoms with Crippen molar-refractivity contribution in [2.24, 2.45) is 0 Å². The van der Waals surface area contributed by atoms with Crippen molar-refractivity contribution in [1.29, 1.82) is 0 Å². The van der Waals surface area contributed by atoms with Gasteiger partial charge in [0.15, 0.2) is 0 Å². The van der Waals surface area contributed by atoms with E-state index >= 15 is 0 Å². The summed E-state index contributed by atoms with van der Waals surface area (Å²) in [6.45, 7) is 4.51. The molecule has 0 aliphatic heterocycles. The molecule has 0 bridgehead atoms. The first-order valence-corrected chi connectivity index (χ1v) is 13.2. The van der Waals surface area contributed by atoms with Crippen LogP contribution in [0.25, 0.3) is 0 Å². The summed E-state index contributed by atoms with van der Waals surface area (Å²) in [5.74, 6) is 0.728. The van der Waals surface area contributed by atoms with Gasteiger partial charge in [0.25, 0.3) is 0 Å². The molecule has 2 aromatic rings. The Kier molecular flexibility index (Phi) is 21.4. The zero-order valence-electron chi connectivity index (χ0n) is 21.2. The van der Waals surface area contributed by atoms with Crippen molar-refractivity contribution in [3.63, 3.8) is 0 Å². The minimum Gasteiger partial charge on any atom is -0.508 e. The van der Waals surface area contributed by atoms with Crippen LogP contribution in [0.1, 0.15) is 115 Å². The van der Waals surface area contributed by atoms with E-state index in [1.165, 1.54) is 101 Å². The number of aryl methyl sites for hydroxylation is 2. The largest absolute Gasteiger partial charge is 0.508 e. The van der Waals surface area contributed by atoms with Gasteiger partial charge in [0.1, 0.15) is 11.5 Å². The summed E-state index contributed by atoms with van der Waals surface area (Å²) in [7, 11) is 0. The molecule has 2 aromatic carbocycles. The molecule has 0 spiro atoms. The second kappa shape index (κ2) is 22.3. The van der Waals surface area contributed by atoms with E-state index < -0.39 is 0 Å². The average molecular weight is 500 g/mol. The number of phenols is 2. The molecule has 0 amide bonds. The average Bonchev–Trinajstić information content (AvgIpc) is 2.81. The molecular formula is C30H48CoO2. The van der Waals surface area contributed by atoms with E-state index in [9.17, 15) is 0 Å². The molecule has 189 valence electrons. The van der Waals surface area contributed by atoms with Crippen molar-refractivity contribution in [3.8, 4) is 11.5 Å². The predicted octanol–water partition coefficient (Wildman–Crippen LogP) is 9.37. The summed E-state index contributed by atoms with van der Waals surface area (Å²) in [5.41, 5.74) is 2.68. The Balaban J connectivity index is 0.000000602. The minimum absolute atomic E-state index is 0. The monoisotopic (exact) mass is 499 g/mol. The molecule has 0 unspecified atom stereocenters. The zero-order valence-corrected chi connectivity index (χ0v) is 22.2. The fraction of sp³-hybridized carbons (Fsp3) is 0.600. The van der Waals surface area contributed by atoms with Crippen molar-refractivity contribution in [1.82, 2.24) is 0 Å². The summed E-state index contributed by atoms with van der Waals surface area (Å²) in [6, 6.07) is 15.2. The topological polar surface area (TPSA) is 40.5 Å². The van der Waals surface area contributed by atoms with Gasteiger partial charge in [-0.1, -0.05) is 115 Å². The molecule has 0 fully saturated rings. The molecule has 3 heteroatoms. The van der Waals surface area contributed by atoms with Crippen LogP contribution in [0.2, 0.25) is 0 Å². The number of rotatable bonds is 16. The maximum Gasteiger partial charge on any atom is 0.115 e. The molecule has 33 heavy (non-hydrogen) atoms. The van der Waals surface area contributed by atoms with Gasteiger partial charge in [-0.05, 0) is 61.1 Å². The van der Waals surface area contributed by atoms with Crippen LogP contribution in [-0.4, -0.2) is 10.2 Å². The molecule has 1 radical (unpaired) electrons. The number of unbranched alkanes of at least 4 members (excludes halogenated alkanes) is 12. The van der Waals surface area contributed by atoms with Crippen molar-refractivity contribution in [3.05, 3.63) is 59.7 Å². The van der Waals surface area contributed by atoms with Crippen LogP contribution >= 0.6 is 0 Å². The Morgan fingerprint density at radius 1 is 0.424 bits per heavy atom. The number of benzene rings is 2. The van der Waals surface area contributed by atoms with Crippen LogP contribution in [0.3, 0.4) is 0 Å². The van der Waals surface area contributed by atoms with E-state index in [2.05, 4.69) is 13.8 Å². The molecule has 0 heterocycles. The van der Waals surface area contributed by atoms with Crippen molar-refractivity contribution >= 4 is 0 Å². The molecule has 2 rings (SSSR count). The molecule has 0 aliphatic carbocycles. The Labute approximate surface area is 214 Å². The van der Waals surface area contributed by atoms with Gasteiger partial charge in [-0.25, -0.2) is 0 Å². The maximum atomic E-state index is 9.15. The smallest absolute Gasteiger partial charge is 0.115 e. The quantitative estimate of drug-likeness (QED) is 0.226. The van der Waals surface area contributed by atoms with E-state index in [1.807, 2.05) is 24.3 Å². The van der Waals surface area contributed by atoms with E-state index in [0.717, 1.165) is 12.8 Å². The third-order valence-electron chi connectivity index (χ3n) is 6.01. The van der Waals surface area contributed by atoms with Gasteiger partial charge in [-0.2, -0.15) is 0 Å². The first kappa shape index (κ1) is 31.5. The second-order valence-corrected chi connectivity index (χ2v) is 9.08. The Hall–Kier alpha value is -1.45. The fourth-order valence-corrected chi connectivity index (χ4v) is 3.90. The molecular weight excluding hydrogens is 451 g/mol. The molecule has 0 aliphatic rings. The Morgan fingerprint density at radius 3 is 1.00 bits per heavy atom. The Morgan fingerprint density at radius 2 is 0.697 bits per heavy atom. The van der Waals surface area contributed by atoms with Gasteiger partial charge in [-0.3, -0.25) is 0 Å². The van der Waals surface area contributed by atoms with Crippen molar-refractivity contribution in [2.75, 3.05) is 0 Å². The van der Waals surface area contributed by atoms with Crippen molar-refractivity contribution in [2.45, 2.75) is 117 Å². The number of hydrogen-bond acceptors (Lipinski definition) is 2. The first-order valence-electron chi connectivity index (χ1n) is 13.2.